The van der Waals surface area contributed by atoms with Crippen molar-refractivity contribution in [1.82, 2.24) is 4.98 Å². The van der Waals surface area contributed by atoms with E-state index in [-0.39, 0.29) is 11.1 Å². The molecule has 0 spiro atoms. The molecule has 21 heavy (non-hydrogen) atoms. The lowest BCUT2D eigenvalue weighted by molar-refractivity contribution is -0.145. The van der Waals surface area contributed by atoms with Crippen molar-refractivity contribution in [2.24, 2.45) is 22.2 Å². The number of aromatic nitrogens is 1. The molecule has 2 unspecified atom stereocenters. The number of hydrogen-bond donors (Lipinski definition) is 1. The molecule has 4 saturated carbocycles. The number of nitrogens with zero attached hydrogens (tertiary/aromatic N) is 1. The van der Waals surface area contributed by atoms with Gasteiger partial charge in [0.05, 0.1) is 0 Å². The first-order valence-corrected chi connectivity index (χ1v) is 7.96. The first-order chi connectivity index (χ1) is 9.81. The van der Waals surface area contributed by atoms with Crippen LogP contribution in [0.15, 0.2) is 10.8 Å². The third kappa shape index (κ3) is 2.02. The lowest BCUT2D eigenvalue weighted by Crippen LogP contribution is -2.55. The summed E-state index contributed by atoms with van der Waals surface area (Å²) in [5.41, 5.74) is 1.22. The summed E-state index contributed by atoms with van der Waals surface area (Å²) in [4.78, 5) is 15.2. The van der Waals surface area contributed by atoms with Gasteiger partial charge in [0.15, 0.2) is 12.1 Å². The Bertz CT molecular complexity index is 587. The van der Waals surface area contributed by atoms with E-state index in [1.807, 2.05) is 0 Å². The monoisotopic (exact) mass is 289 g/mol. The number of hydrogen-bond acceptors (Lipinski definition) is 3. The van der Waals surface area contributed by atoms with Crippen molar-refractivity contribution in [3.63, 3.8) is 0 Å². The largest absolute Gasteiger partial charge is 0.476 e. The van der Waals surface area contributed by atoms with E-state index in [9.17, 15) is 9.90 Å². The maximum absolute atomic E-state index is 11.3. The second-order valence-corrected chi connectivity index (χ2v) is 8.74. The lowest BCUT2D eigenvalue weighted by Gasteiger charge is -2.65. The smallest absolute Gasteiger partial charge is 0.358 e. The van der Waals surface area contributed by atoms with Crippen molar-refractivity contribution in [3.05, 3.63) is 17.8 Å². The van der Waals surface area contributed by atoms with Gasteiger partial charge < -0.3 is 9.52 Å². The lowest BCUT2D eigenvalue weighted by atomic mass is 9.40. The average Bonchev–Trinajstić information content (AvgIpc) is 2.70. The highest BCUT2D eigenvalue weighted by Gasteiger charge is 2.60. The summed E-state index contributed by atoms with van der Waals surface area (Å²) in [5.74, 6) is 0.421. The number of carbonyl (C=O) groups is 1. The summed E-state index contributed by atoms with van der Waals surface area (Å²) < 4.78 is 5.44. The van der Waals surface area contributed by atoms with Crippen molar-refractivity contribution in [1.29, 1.82) is 0 Å². The highest BCUT2D eigenvalue weighted by molar-refractivity contribution is 5.86. The predicted molar refractivity (Wildman–Crippen MR) is 77.0 cm³/mol. The fourth-order valence-corrected chi connectivity index (χ4v) is 6.79. The number of rotatable bonds is 3. The predicted octanol–water partition coefficient (Wildman–Crippen LogP) is 3.91. The zero-order valence-corrected chi connectivity index (χ0v) is 12.8. The second kappa shape index (κ2) is 3.90. The van der Waals surface area contributed by atoms with Crippen molar-refractivity contribution in [2.45, 2.75) is 58.8 Å². The third-order valence-corrected chi connectivity index (χ3v) is 6.12. The molecule has 0 saturated heterocycles. The summed E-state index contributed by atoms with van der Waals surface area (Å²) in [6, 6.07) is 0. The van der Waals surface area contributed by atoms with Crippen LogP contribution in [0.5, 0.6) is 0 Å². The van der Waals surface area contributed by atoms with Gasteiger partial charge in [-0.1, -0.05) is 13.8 Å². The number of carboxylic acid groups (broad SMARTS) is 1. The van der Waals surface area contributed by atoms with E-state index in [0.717, 1.165) is 12.3 Å². The van der Waals surface area contributed by atoms with Crippen LogP contribution in [0.25, 0.3) is 0 Å². The Hall–Kier alpha value is -1.32. The second-order valence-electron chi connectivity index (χ2n) is 8.74. The van der Waals surface area contributed by atoms with E-state index in [4.69, 9.17) is 4.42 Å². The van der Waals surface area contributed by atoms with Crippen molar-refractivity contribution in [3.8, 4) is 0 Å². The van der Waals surface area contributed by atoms with Gasteiger partial charge in [0.25, 0.3) is 0 Å². The molecular formula is C17H23NO3. The minimum atomic E-state index is -0.971. The van der Waals surface area contributed by atoms with Crippen molar-refractivity contribution >= 4 is 5.97 Å². The van der Waals surface area contributed by atoms with Crippen molar-refractivity contribution < 1.29 is 14.3 Å². The first-order valence-electron chi connectivity index (χ1n) is 7.96. The quantitative estimate of drug-likeness (QED) is 0.916. The maximum Gasteiger partial charge on any atom is 0.358 e. The van der Waals surface area contributed by atoms with Crippen LogP contribution < -0.4 is 0 Å². The van der Waals surface area contributed by atoms with E-state index in [2.05, 4.69) is 18.8 Å². The fraction of sp³-hybridized carbons (Fsp3) is 0.765. The minimum Gasteiger partial charge on any atom is -0.476 e. The molecule has 4 fully saturated rings. The van der Waals surface area contributed by atoms with Crippen molar-refractivity contribution in [2.75, 3.05) is 0 Å². The van der Waals surface area contributed by atoms with E-state index in [0.29, 0.717) is 16.6 Å². The van der Waals surface area contributed by atoms with Gasteiger partial charge in [-0.2, -0.15) is 0 Å². The van der Waals surface area contributed by atoms with Crippen LogP contribution in [-0.2, 0) is 6.42 Å². The zero-order valence-electron chi connectivity index (χ0n) is 12.8. The Morgan fingerprint density at radius 3 is 2.52 bits per heavy atom. The number of oxazole rings is 1. The number of carboxylic acids is 1. The van der Waals surface area contributed by atoms with Gasteiger partial charge in [0.1, 0.15) is 5.76 Å². The van der Waals surface area contributed by atoms with Gasteiger partial charge in [-0.25, -0.2) is 9.78 Å². The molecule has 1 N–H and O–H groups in total. The molecule has 4 aliphatic carbocycles. The van der Waals surface area contributed by atoms with Gasteiger partial charge in [-0.05, 0) is 60.7 Å². The molecule has 1 aromatic rings. The summed E-state index contributed by atoms with van der Waals surface area (Å²) in [7, 11) is 0. The van der Waals surface area contributed by atoms with Crippen LogP contribution in [0.2, 0.25) is 0 Å². The molecule has 114 valence electrons. The molecule has 1 heterocycles. The topological polar surface area (TPSA) is 63.3 Å². The third-order valence-electron chi connectivity index (χ3n) is 6.12. The molecule has 4 bridgehead atoms. The Morgan fingerprint density at radius 1 is 1.29 bits per heavy atom. The highest BCUT2D eigenvalue weighted by atomic mass is 16.4. The molecule has 4 aliphatic rings. The summed E-state index contributed by atoms with van der Waals surface area (Å²) in [6.45, 7) is 4.87. The molecule has 0 amide bonds. The van der Waals surface area contributed by atoms with E-state index in [1.54, 1.807) is 0 Å². The molecule has 4 heteroatoms. The fourth-order valence-electron chi connectivity index (χ4n) is 6.79. The van der Waals surface area contributed by atoms with Gasteiger partial charge in [-0.3, -0.25) is 0 Å². The Labute approximate surface area is 124 Å². The van der Waals surface area contributed by atoms with E-state index in [1.165, 1.54) is 44.9 Å². The molecule has 4 nitrogen and oxygen atoms in total. The van der Waals surface area contributed by atoms with Gasteiger partial charge in [0.2, 0.25) is 0 Å². The standard InChI is InChI=1S/C17H23NO3/c1-15-3-11-4-16(2,7-15)9-17(5-11,8-15)6-12-13(14(19)20)18-10-21-12/h10-11H,3-9H2,1-2H3,(H,19,20). The summed E-state index contributed by atoms with van der Waals surface area (Å²) in [5, 5.41) is 9.25. The minimum absolute atomic E-state index is 0.112. The van der Waals surface area contributed by atoms with Gasteiger partial charge in [0, 0.05) is 6.42 Å². The molecular weight excluding hydrogens is 266 g/mol. The van der Waals surface area contributed by atoms with Crippen LogP contribution in [0.1, 0.15) is 68.6 Å². The Morgan fingerprint density at radius 2 is 1.95 bits per heavy atom. The van der Waals surface area contributed by atoms with Gasteiger partial charge >= 0.3 is 5.97 Å². The molecule has 5 rings (SSSR count). The van der Waals surface area contributed by atoms with Crippen LogP contribution >= 0.6 is 0 Å². The molecule has 0 aliphatic heterocycles. The van der Waals surface area contributed by atoms with Crippen LogP contribution in [0.4, 0.5) is 0 Å². The molecule has 0 radical (unpaired) electrons. The van der Waals surface area contributed by atoms with Crippen LogP contribution in [-0.4, -0.2) is 16.1 Å². The normalized spacial score (nSPS) is 44.2. The number of aromatic carboxylic acids is 1. The summed E-state index contributed by atoms with van der Waals surface area (Å²) in [6.07, 6.45) is 9.73. The highest BCUT2D eigenvalue weighted by Crippen LogP contribution is 2.70. The first kappa shape index (κ1) is 13.4. The van der Waals surface area contributed by atoms with E-state index < -0.39 is 5.97 Å². The molecule has 2 atom stereocenters. The van der Waals surface area contributed by atoms with Crippen LogP contribution in [0.3, 0.4) is 0 Å². The molecule has 0 aromatic carbocycles. The zero-order chi connectivity index (χ0) is 14.9. The molecule has 1 aromatic heterocycles. The Balaban J connectivity index is 1.68. The summed E-state index contributed by atoms with van der Waals surface area (Å²) >= 11 is 0. The van der Waals surface area contributed by atoms with Crippen LogP contribution in [0, 0.1) is 22.2 Å². The SMILES string of the molecule is CC12CC3CC(C)(C1)CC(Cc1ocnc1C(=O)O)(C3)C2. The maximum atomic E-state index is 11.3. The average molecular weight is 289 g/mol. The van der Waals surface area contributed by atoms with E-state index >= 15 is 0 Å². The Kier molecular flexibility index (Phi) is 2.48. The van der Waals surface area contributed by atoms with Gasteiger partial charge in [-0.15, -0.1) is 0 Å².